The van der Waals surface area contributed by atoms with Crippen LogP contribution in [-0.2, 0) is 11.3 Å². The minimum absolute atomic E-state index is 0.00179. The Hall–Kier alpha value is -3.98. The van der Waals surface area contributed by atoms with Gasteiger partial charge in [0.25, 0.3) is 0 Å². The summed E-state index contributed by atoms with van der Waals surface area (Å²) in [7, 11) is 1.46. The molecule has 0 unspecified atom stereocenters. The van der Waals surface area contributed by atoms with Crippen molar-refractivity contribution in [1.29, 1.82) is 5.26 Å². The number of hydrogen-bond donors (Lipinski definition) is 3. The predicted molar refractivity (Wildman–Crippen MR) is 110 cm³/mol. The van der Waals surface area contributed by atoms with E-state index in [0.29, 0.717) is 23.4 Å². The summed E-state index contributed by atoms with van der Waals surface area (Å²) in [5, 5.41) is 25.0. The molecule has 6 heteroatoms. The van der Waals surface area contributed by atoms with Crippen LogP contribution in [0.2, 0.25) is 0 Å². The lowest BCUT2D eigenvalue weighted by Gasteiger charge is -2.21. The molecule has 6 nitrogen and oxygen atoms in total. The number of aromatic hydroxyl groups is 1. The summed E-state index contributed by atoms with van der Waals surface area (Å²) in [6, 6.07) is 22.6. The molecule has 0 spiro atoms. The van der Waals surface area contributed by atoms with Crippen molar-refractivity contribution in [2.24, 2.45) is 0 Å². The van der Waals surface area contributed by atoms with Crippen LogP contribution in [-0.4, -0.2) is 18.1 Å². The average molecular weight is 387 g/mol. The lowest BCUT2D eigenvalue weighted by molar-refractivity contribution is -0.122. The Morgan fingerprint density at radius 1 is 1.10 bits per heavy atom. The maximum absolute atomic E-state index is 13.0. The number of rotatable bonds is 7. The van der Waals surface area contributed by atoms with Crippen molar-refractivity contribution in [2.75, 3.05) is 12.4 Å². The van der Waals surface area contributed by atoms with Crippen molar-refractivity contribution in [3.63, 3.8) is 0 Å². The molecule has 1 amide bonds. The quantitative estimate of drug-likeness (QED) is 0.574. The standard InChI is InChI=1S/C23H21N3O3/c1-29-21-13-18(9-12-20(21)27)22(26-19-10-7-16(14-24)8-11-19)23(28)25-15-17-5-3-2-4-6-17/h2-13,22,26-27H,15H2,1H3,(H,25,28)/t22-/m1/s1. The Morgan fingerprint density at radius 2 is 1.83 bits per heavy atom. The number of nitrogens with zero attached hydrogens (tertiary/aromatic N) is 1. The van der Waals surface area contributed by atoms with E-state index in [-0.39, 0.29) is 17.4 Å². The number of phenolic OH excluding ortho intramolecular Hbond substituents is 1. The number of nitriles is 1. The minimum atomic E-state index is -0.721. The van der Waals surface area contributed by atoms with Gasteiger partial charge in [-0.05, 0) is 47.5 Å². The molecule has 0 aliphatic rings. The molecule has 0 heterocycles. The second kappa shape index (κ2) is 9.29. The van der Waals surface area contributed by atoms with Gasteiger partial charge in [-0.3, -0.25) is 4.79 Å². The first-order valence-corrected chi connectivity index (χ1v) is 9.06. The van der Waals surface area contributed by atoms with E-state index < -0.39 is 6.04 Å². The summed E-state index contributed by atoms with van der Waals surface area (Å²) in [5.41, 5.74) is 2.85. The molecule has 0 saturated heterocycles. The van der Waals surface area contributed by atoms with Gasteiger partial charge in [0.05, 0.1) is 18.7 Å². The second-order valence-corrected chi connectivity index (χ2v) is 6.40. The van der Waals surface area contributed by atoms with Crippen LogP contribution in [0.4, 0.5) is 5.69 Å². The maximum atomic E-state index is 13.0. The number of carbonyl (C=O) groups is 1. The van der Waals surface area contributed by atoms with Gasteiger partial charge in [-0.25, -0.2) is 0 Å². The van der Waals surface area contributed by atoms with Crippen molar-refractivity contribution < 1.29 is 14.6 Å². The molecule has 0 radical (unpaired) electrons. The summed E-state index contributed by atoms with van der Waals surface area (Å²) < 4.78 is 5.18. The molecule has 0 aliphatic heterocycles. The first-order chi connectivity index (χ1) is 14.1. The molecule has 29 heavy (non-hydrogen) atoms. The van der Waals surface area contributed by atoms with Crippen LogP contribution >= 0.6 is 0 Å². The molecule has 1 atom stereocenters. The van der Waals surface area contributed by atoms with Gasteiger partial charge in [-0.15, -0.1) is 0 Å². The Labute approximate surface area is 169 Å². The van der Waals surface area contributed by atoms with Crippen LogP contribution in [0.25, 0.3) is 0 Å². The zero-order valence-electron chi connectivity index (χ0n) is 15.9. The number of phenols is 1. The molecular formula is C23H21N3O3. The van der Waals surface area contributed by atoms with Gasteiger partial charge in [-0.1, -0.05) is 36.4 Å². The lowest BCUT2D eigenvalue weighted by atomic mass is 10.0. The Balaban J connectivity index is 1.85. The van der Waals surface area contributed by atoms with E-state index in [1.807, 2.05) is 30.3 Å². The fourth-order valence-corrected chi connectivity index (χ4v) is 2.87. The van der Waals surface area contributed by atoms with Gasteiger partial charge in [0.2, 0.25) is 5.91 Å². The van der Waals surface area contributed by atoms with E-state index >= 15 is 0 Å². The molecule has 0 aliphatic carbocycles. The largest absolute Gasteiger partial charge is 0.504 e. The van der Waals surface area contributed by atoms with E-state index in [2.05, 4.69) is 16.7 Å². The Kier molecular flexibility index (Phi) is 6.33. The number of hydrogen-bond acceptors (Lipinski definition) is 5. The smallest absolute Gasteiger partial charge is 0.247 e. The first-order valence-electron chi connectivity index (χ1n) is 9.06. The summed E-state index contributed by atoms with van der Waals surface area (Å²) in [6.45, 7) is 0.389. The van der Waals surface area contributed by atoms with Crippen LogP contribution in [0.5, 0.6) is 11.5 Å². The highest BCUT2D eigenvalue weighted by atomic mass is 16.5. The van der Waals surface area contributed by atoms with Crippen molar-refractivity contribution in [2.45, 2.75) is 12.6 Å². The van der Waals surface area contributed by atoms with Crippen molar-refractivity contribution in [3.8, 4) is 17.6 Å². The molecule has 3 aromatic carbocycles. The molecule has 0 aromatic heterocycles. The van der Waals surface area contributed by atoms with Gasteiger partial charge < -0.3 is 20.5 Å². The third kappa shape index (κ3) is 5.05. The van der Waals surface area contributed by atoms with Crippen LogP contribution in [0.1, 0.15) is 22.7 Å². The van der Waals surface area contributed by atoms with Gasteiger partial charge >= 0.3 is 0 Å². The Morgan fingerprint density at radius 3 is 2.48 bits per heavy atom. The lowest BCUT2D eigenvalue weighted by Crippen LogP contribution is -2.33. The highest BCUT2D eigenvalue weighted by molar-refractivity contribution is 5.86. The SMILES string of the molecule is COc1cc([C@@H](Nc2ccc(C#N)cc2)C(=O)NCc2ccccc2)ccc1O. The molecule has 3 aromatic rings. The number of nitrogens with one attached hydrogen (secondary N) is 2. The zero-order chi connectivity index (χ0) is 20.6. The van der Waals surface area contributed by atoms with Crippen LogP contribution < -0.4 is 15.4 Å². The number of carbonyl (C=O) groups excluding carboxylic acids is 1. The molecule has 0 fully saturated rings. The van der Waals surface area contributed by atoms with Crippen molar-refractivity contribution in [3.05, 3.63) is 89.5 Å². The number of methoxy groups -OCH3 is 1. The van der Waals surface area contributed by atoms with Gasteiger partial charge in [-0.2, -0.15) is 5.26 Å². The van der Waals surface area contributed by atoms with Crippen LogP contribution in [0.15, 0.2) is 72.8 Å². The molecule has 3 rings (SSSR count). The molecule has 146 valence electrons. The summed E-state index contributed by atoms with van der Waals surface area (Å²) in [6.07, 6.45) is 0. The topological polar surface area (TPSA) is 94.4 Å². The molecule has 0 bridgehead atoms. The fraction of sp³-hybridized carbons (Fsp3) is 0.130. The highest BCUT2D eigenvalue weighted by Gasteiger charge is 2.22. The number of benzene rings is 3. The zero-order valence-corrected chi connectivity index (χ0v) is 15.9. The predicted octanol–water partition coefficient (Wildman–Crippen LogP) is 3.74. The maximum Gasteiger partial charge on any atom is 0.247 e. The summed E-state index contributed by atoms with van der Waals surface area (Å²) in [5.74, 6) is 0.0500. The number of amides is 1. The third-order valence-corrected chi connectivity index (χ3v) is 4.43. The van der Waals surface area contributed by atoms with E-state index in [4.69, 9.17) is 10.00 Å². The van der Waals surface area contributed by atoms with Crippen molar-refractivity contribution >= 4 is 11.6 Å². The van der Waals surface area contributed by atoms with E-state index in [9.17, 15) is 9.90 Å². The molecular weight excluding hydrogens is 366 g/mol. The summed E-state index contributed by atoms with van der Waals surface area (Å²) >= 11 is 0. The summed E-state index contributed by atoms with van der Waals surface area (Å²) in [4.78, 5) is 13.0. The first kappa shape index (κ1) is 19.8. The van der Waals surface area contributed by atoms with Gasteiger partial charge in [0, 0.05) is 12.2 Å². The van der Waals surface area contributed by atoms with Crippen molar-refractivity contribution in [1.82, 2.24) is 5.32 Å². The van der Waals surface area contributed by atoms with Crippen LogP contribution in [0, 0.1) is 11.3 Å². The van der Waals surface area contributed by atoms with E-state index in [1.54, 1.807) is 36.4 Å². The average Bonchev–Trinajstić information content (AvgIpc) is 2.77. The van der Waals surface area contributed by atoms with Gasteiger partial charge in [0.1, 0.15) is 6.04 Å². The normalized spacial score (nSPS) is 11.2. The van der Waals surface area contributed by atoms with Gasteiger partial charge in [0.15, 0.2) is 11.5 Å². The number of anilines is 1. The van der Waals surface area contributed by atoms with Crippen LogP contribution in [0.3, 0.4) is 0 Å². The number of ether oxygens (including phenoxy) is 1. The molecule has 3 N–H and O–H groups in total. The molecule has 0 saturated carbocycles. The third-order valence-electron chi connectivity index (χ3n) is 4.43. The highest BCUT2D eigenvalue weighted by Crippen LogP contribution is 2.30. The minimum Gasteiger partial charge on any atom is -0.504 e. The van der Waals surface area contributed by atoms with E-state index in [0.717, 1.165) is 5.56 Å². The fourth-order valence-electron chi connectivity index (χ4n) is 2.87. The Bertz CT molecular complexity index is 1010. The van der Waals surface area contributed by atoms with E-state index in [1.165, 1.54) is 13.2 Å². The monoisotopic (exact) mass is 387 g/mol. The second-order valence-electron chi connectivity index (χ2n) is 6.40.